The number of nitrogens with two attached hydrogens (primary N) is 1. The maximum absolute atomic E-state index is 6.14. The Labute approximate surface area is 124 Å². The fourth-order valence-electron chi connectivity index (χ4n) is 3.82. The van der Waals surface area contributed by atoms with E-state index in [4.69, 9.17) is 5.73 Å². The summed E-state index contributed by atoms with van der Waals surface area (Å²) in [5, 5.41) is 0. The van der Waals surface area contributed by atoms with E-state index in [9.17, 15) is 0 Å². The van der Waals surface area contributed by atoms with E-state index < -0.39 is 0 Å². The lowest BCUT2D eigenvalue weighted by molar-refractivity contribution is 0.454. The summed E-state index contributed by atoms with van der Waals surface area (Å²) < 4.78 is 0. The standard InChI is InChI=1S/C16H21N3S/c17-16(19-5-7-20-8-6-19)18-10-14-13-9-11-3-1-2-4-12(11)15(13)14/h1-4,13-15H,5-10H2,(H2,17,18). The van der Waals surface area contributed by atoms with Crippen molar-refractivity contribution in [3.63, 3.8) is 0 Å². The van der Waals surface area contributed by atoms with Gasteiger partial charge < -0.3 is 10.6 Å². The molecule has 20 heavy (non-hydrogen) atoms. The van der Waals surface area contributed by atoms with Gasteiger partial charge in [0.15, 0.2) is 5.96 Å². The highest BCUT2D eigenvalue weighted by molar-refractivity contribution is 7.99. The van der Waals surface area contributed by atoms with Gasteiger partial charge in [-0.2, -0.15) is 11.8 Å². The number of aliphatic imine (C=N–C) groups is 1. The predicted octanol–water partition coefficient (Wildman–Crippen LogP) is 1.94. The van der Waals surface area contributed by atoms with Gasteiger partial charge in [0.1, 0.15) is 0 Å². The van der Waals surface area contributed by atoms with Crippen molar-refractivity contribution in [3.8, 4) is 0 Å². The summed E-state index contributed by atoms with van der Waals surface area (Å²) in [4.78, 5) is 6.92. The maximum atomic E-state index is 6.14. The third-order valence-electron chi connectivity index (χ3n) is 5.00. The van der Waals surface area contributed by atoms with Gasteiger partial charge in [-0.25, -0.2) is 0 Å². The van der Waals surface area contributed by atoms with E-state index in [1.807, 2.05) is 11.8 Å². The Bertz CT molecular complexity index is 536. The molecule has 2 fully saturated rings. The third kappa shape index (κ3) is 2.10. The number of fused-ring (bicyclic) bond motifs is 3. The SMILES string of the molecule is NC(=NCC1C2Cc3ccccc3C12)N1CCSCC1. The second-order valence-corrected chi connectivity index (χ2v) is 7.28. The van der Waals surface area contributed by atoms with Crippen molar-refractivity contribution in [1.82, 2.24) is 4.90 Å². The van der Waals surface area contributed by atoms with Gasteiger partial charge in [0.25, 0.3) is 0 Å². The van der Waals surface area contributed by atoms with Gasteiger partial charge in [-0.1, -0.05) is 24.3 Å². The zero-order chi connectivity index (χ0) is 13.5. The normalized spacial score (nSPS) is 31.9. The molecule has 1 aromatic carbocycles. The first kappa shape index (κ1) is 12.6. The van der Waals surface area contributed by atoms with Crippen LogP contribution < -0.4 is 5.73 Å². The van der Waals surface area contributed by atoms with Crippen LogP contribution in [0.1, 0.15) is 17.0 Å². The van der Waals surface area contributed by atoms with E-state index in [2.05, 4.69) is 34.2 Å². The summed E-state index contributed by atoms with van der Waals surface area (Å²) in [5.41, 5.74) is 9.27. The predicted molar refractivity (Wildman–Crippen MR) is 85.3 cm³/mol. The number of nitrogens with zero attached hydrogens (tertiary/aromatic N) is 2. The first-order chi connectivity index (χ1) is 9.84. The van der Waals surface area contributed by atoms with Gasteiger partial charge in [0, 0.05) is 31.1 Å². The smallest absolute Gasteiger partial charge is 0.191 e. The van der Waals surface area contributed by atoms with Gasteiger partial charge in [-0.05, 0) is 35.3 Å². The molecule has 3 nitrogen and oxygen atoms in total. The average molecular weight is 287 g/mol. The van der Waals surface area contributed by atoms with Crippen LogP contribution in [0.15, 0.2) is 29.3 Å². The molecule has 3 unspecified atom stereocenters. The Morgan fingerprint density at radius 2 is 2.10 bits per heavy atom. The Balaban J connectivity index is 1.38. The molecule has 2 N–H and O–H groups in total. The topological polar surface area (TPSA) is 41.6 Å². The van der Waals surface area contributed by atoms with Gasteiger partial charge in [0.05, 0.1) is 0 Å². The van der Waals surface area contributed by atoms with Crippen molar-refractivity contribution in [2.75, 3.05) is 31.1 Å². The number of rotatable bonds is 2. The highest BCUT2D eigenvalue weighted by atomic mass is 32.2. The van der Waals surface area contributed by atoms with E-state index in [-0.39, 0.29) is 0 Å². The fourth-order valence-corrected chi connectivity index (χ4v) is 4.73. The zero-order valence-corrected chi connectivity index (χ0v) is 12.5. The molecular formula is C16H21N3S. The number of hydrogen-bond acceptors (Lipinski definition) is 2. The van der Waals surface area contributed by atoms with E-state index in [0.29, 0.717) is 0 Å². The van der Waals surface area contributed by atoms with Crippen molar-refractivity contribution in [3.05, 3.63) is 35.4 Å². The zero-order valence-electron chi connectivity index (χ0n) is 11.7. The number of guanidine groups is 1. The molecule has 1 saturated carbocycles. The summed E-state index contributed by atoms with van der Waals surface area (Å²) in [5.74, 6) is 5.46. The lowest BCUT2D eigenvalue weighted by Gasteiger charge is -2.27. The molecule has 0 aromatic heterocycles. The molecular weight excluding hydrogens is 266 g/mol. The number of hydrogen-bond donors (Lipinski definition) is 1. The average Bonchev–Trinajstić information content (AvgIpc) is 3.04. The molecule has 2 aliphatic carbocycles. The molecule has 1 heterocycles. The van der Waals surface area contributed by atoms with E-state index in [1.165, 1.54) is 17.9 Å². The molecule has 3 aliphatic rings. The first-order valence-electron chi connectivity index (χ1n) is 7.55. The molecule has 0 bridgehead atoms. The van der Waals surface area contributed by atoms with Gasteiger partial charge in [-0.15, -0.1) is 0 Å². The highest BCUT2D eigenvalue weighted by Crippen LogP contribution is 2.61. The summed E-state index contributed by atoms with van der Waals surface area (Å²) in [6.07, 6.45) is 1.25. The minimum atomic E-state index is 0.739. The highest BCUT2D eigenvalue weighted by Gasteiger charge is 2.54. The molecule has 0 radical (unpaired) electrons. The molecule has 0 amide bonds. The van der Waals surface area contributed by atoms with Crippen LogP contribution in [0.3, 0.4) is 0 Å². The molecule has 1 aromatic rings. The van der Waals surface area contributed by atoms with Crippen molar-refractivity contribution in [2.24, 2.45) is 22.6 Å². The molecule has 1 aliphatic heterocycles. The number of benzene rings is 1. The molecule has 3 atom stereocenters. The van der Waals surface area contributed by atoms with Crippen LogP contribution in [0.4, 0.5) is 0 Å². The van der Waals surface area contributed by atoms with Crippen LogP contribution in [0, 0.1) is 11.8 Å². The van der Waals surface area contributed by atoms with Crippen LogP contribution >= 0.6 is 11.8 Å². The largest absolute Gasteiger partial charge is 0.370 e. The van der Waals surface area contributed by atoms with Crippen molar-refractivity contribution < 1.29 is 0 Å². The van der Waals surface area contributed by atoms with E-state index >= 15 is 0 Å². The minimum Gasteiger partial charge on any atom is -0.370 e. The summed E-state index contributed by atoms with van der Waals surface area (Å²) >= 11 is 2.01. The van der Waals surface area contributed by atoms with Crippen LogP contribution in [0.25, 0.3) is 0 Å². The second-order valence-electron chi connectivity index (χ2n) is 6.05. The van der Waals surface area contributed by atoms with E-state index in [0.717, 1.165) is 43.3 Å². The lowest BCUT2D eigenvalue weighted by atomic mass is 10.0. The van der Waals surface area contributed by atoms with Crippen LogP contribution in [-0.2, 0) is 6.42 Å². The van der Waals surface area contributed by atoms with Crippen LogP contribution in [-0.4, -0.2) is 42.0 Å². The van der Waals surface area contributed by atoms with Gasteiger partial charge >= 0.3 is 0 Å². The monoisotopic (exact) mass is 287 g/mol. The molecule has 1 saturated heterocycles. The molecule has 0 spiro atoms. The summed E-state index contributed by atoms with van der Waals surface area (Å²) in [7, 11) is 0. The third-order valence-corrected chi connectivity index (χ3v) is 5.94. The molecule has 4 heteroatoms. The molecule has 106 valence electrons. The Morgan fingerprint density at radius 3 is 2.95 bits per heavy atom. The van der Waals surface area contributed by atoms with Crippen molar-refractivity contribution in [1.29, 1.82) is 0 Å². The fraction of sp³-hybridized carbons (Fsp3) is 0.562. The maximum Gasteiger partial charge on any atom is 0.191 e. The number of thioether (sulfide) groups is 1. The van der Waals surface area contributed by atoms with Crippen molar-refractivity contribution in [2.45, 2.75) is 12.3 Å². The summed E-state index contributed by atoms with van der Waals surface area (Å²) in [6, 6.07) is 8.90. The summed E-state index contributed by atoms with van der Waals surface area (Å²) in [6.45, 7) is 3.03. The van der Waals surface area contributed by atoms with Crippen LogP contribution in [0.5, 0.6) is 0 Å². The quantitative estimate of drug-likeness (QED) is 0.667. The Kier molecular flexibility index (Phi) is 3.14. The van der Waals surface area contributed by atoms with Crippen molar-refractivity contribution >= 4 is 17.7 Å². The Morgan fingerprint density at radius 1 is 1.30 bits per heavy atom. The minimum absolute atomic E-state index is 0.739. The first-order valence-corrected chi connectivity index (χ1v) is 8.70. The van der Waals surface area contributed by atoms with E-state index in [1.54, 1.807) is 11.1 Å². The lowest BCUT2D eigenvalue weighted by Crippen LogP contribution is -2.42. The Hall–Kier alpha value is -1.16. The van der Waals surface area contributed by atoms with Crippen LogP contribution in [0.2, 0.25) is 0 Å². The van der Waals surface area contributed by atoms with Gasteiger partial charge in [0.2, 0.25) is 0 Å². The molecule has 4 rings (SSSR count). The van der Waals surface area contributed by atoms with Gasteiger partial charge in [-0.3, -0.25) is 4.99 Å². The second kappa shape index (κ2) is 4.99.